The Morgan fingerprint density at radius 1 is 1.00 bits per heavy atom. The van der Waals surface area contributed by atoms with E-state index in [1.54, 1.807) is 41.1 Å². The second-order valence-electron chi connectivity index (χ2n) is 6.48. The van der Waals surface area contributed by atoms with Crippen LogP contribution in [0.25, 0.3) is 0 Å². The van der Waals surface area contributed by atoms with Crippen LogP contribution in [-0.4, -0.2) is 20.7 Å². The smallest absolute Gasteiger partial charge is 0.258 e. The van der Waals surface area contributed by atoms with Gasteiger partial charge in [0.2, 0.25) is 5.28 Å². The van der Waals surface area contributed by atoms with Crippen molar-refractivity contribution in [3.8, 4) is 0 Å². The van der Waals surface area contributed by atoms with Crippen molar-refractivity contribution in [2.24, 2.45) is 0 Å². The molecule has 0 saturated heterocycles. The highest BCUT2D eigenvalue weighted by Crippen LogP contribution is 2.33. The Kier molecular flexibility index (Phi) is 6.29. The van der Waals surface area contributed by atoms with Gasteiger partial charge in [-0.1, -0.05) is 36.4 Å². The molecule has 31 heavy (non-hydrogen) atoms. The maximum Gasteiger partial charge on any atom is 0.258 e. The van der Waals surface area contributed by atoms with Crippen LogP contribution in [0.2, 0.25) is 5.28 Å². The van der Waals surface area contributed by atoms with Crippen molar-refractivity contribution in [3.63, 3.8) is 0 Å². The average Bonchev–Trinajstić information content (AvgIpc) is 3.10. The van der Waals surface area contributed by atoms with Gasteiger partial charge in [0, 0.05) is 4.90 Å². The third kappa shape index (κ3) is 5.10. The summed E-state index contributed by atoms with van der Waals surface area (Å²) in [6, 6.07) is 18.9. The molecule has 4 aromatic rings. The van der Waals surface area contributed by atoms with Crippen LogP contribution in [0.1, 0.15) is 15.9 Å². The largest absolute Gasteiger partial charge is 0.321 e. The summed E-state index contributed by atoms with van der Waals surface area (Å²) in [7, 11) is 0. The van der Waals surface area contributed by atoms with Crippen LogP contribution >= 0.6 is 23.4 Å². The monoisotopic (exact) mass is 456 g/mol. The molecule has 0 aliphatic rings. The summed E-state index contributed by atoms with van der Waals surface area (Å²) in [4.78, 5) is 17.5. The Balaban J connectivity index is 1.57. The predicted octanol–water partition coefficient (Wildman–Crippen LogP) is 5.66. The molecular formula is C22H15ClF2N4OS. The SMILES string of the molecule is O=C(Nc1ccccc1Sc1nc(Cl)nn1Cc1ccc(F)cc1)c1ccccc1F. The highest BCUT2D eigenvalue weighted by atomic mass is 35.5. The maximum absolute atomic E-state index is 14.0. The molecule has 0 spiro atoms. The molecule has 0 atom stereocenters. The molecule has 1 N–H and O–H groups in total. The second-order valence-corrected chi connectivity index (χ2v) is 7.83. The fourth-order valence-corrected chi connectivity index (χ4v) is 3.97. The molecule has 1 amide bonds. The number of nitrogens with one attached hydrogen (secondary N) is 1. The van der Waals surface area contributed by atoms with Crippen molar-refractivity contribution in [2.75, 3.05) is 5.32 Å². The van der Waals surface area contributed by atoms with E-state index in [1.165, 1.54) is 42.1 Å². The van der Waals surface area contributed by atoms with Crippen LogP contribution in [0.5, 0.6) is 0 Å². The van der Waals surface area contributed by atoms with Gasteiger partial charge in [-0.3, -0.25) is 4.79 Å². The van der Waals surface area contributed by atoms with Crippen LogP contribution in [0.3, 0.4) is 0 Å². The number of anilines is 1. The zero-order valence-corrected chi connectivity index (χ0v) is 17.5. The van der Waals surface area contributed by atoms with E-state index < -0.39 is 11.7 Å². The normalized spacial score (nSPS) is 10.8. The van der Waals surface area contributed by atoms with Crippen molar-refractivity contribution >= 4 is 35.0 Å². The lowest BCUT2D eigenvalue weighted by Gasteiger charge is -2.11. The number of hydrogen-bond acceptors (Lipinski definition) is 4. The number of halogens is 3. The quantitative estimate of drug-likeness (QED) is 0.406. The molecule has 1 aromatic heterocycles. The van der Waals surface area contributed by atoms with E-state index in [9.17, 15) is 13.6 Å². The number of carbonyl (C=O) groups excluding carboxylic acids is 1. The molecule has 156 valence electrons. The molecule has 0 aliphatic heterocycles. The van der Waals surface area contributed by atoms with Crippen LogP contribution in [-0.2, 0) is 6.54 Å². The fourth-order valence-electron chi connectivity index (χ4n) is 2.83. The molecule has 0 aliphatic carbocycles. The Bertz CT molecular complexity index is 1230. The second kappa shape index (κ2) is 9.28. The lowest BCUT2D eigenvalue weighted by Crippen LogP contribution is -2.14. The zero-order valence-electron chi connectivity index (χ0n) is 15.9. The van der Waals surface area contributed by atoms with Crippen molar-refractivity contribution in [2.45, 2.75) is 16.6 Å². The fraction of sp³-hybridized carbons (Fsp3) is 0.0455. The van der Waals surface area contributed by atoms with E-state index in [0.717, 1.165) is 5.56 Å². The van der Waals surface area contributed by atoms with Crippen molar-refractivity contribution in [1.29, 1.82) is 0 Å². The molecule has 0 bridgehead atoms. The number of nitrogens with zero attached hydrogens (tertiary/aromatic N) is 3. The van der Waals surface area contributed by atoms with Gasteiger partial charge in [0.05, 0.1) is 17.8 Å². The summed E-state index contributed by atoms with van der Waals surface area (Å²) in [6.07, 6.45) is 0. The van der Waals surface area contributed by atoms with Gasteiger partial charge in [0.15, 0.2) is 5.16 Å². The Morgan fingerprint density at radius 2 is 1.71 bits per heavy atom. The highest BCUT2D eigenvalue weighted by molar-refractivity contribution is 7.99. The van der Waals surface area contributed by atoms with Crippen LogP contribution < -0.4 is 5.32 Å². The molecule has 9 heteroatoms. The van der Waals surface area contributed by atoms with Crippen LogP contribution in [0.4, 0.5) is 14.5 Å². The zero-order chi connectivity index (χ0) is 21.8. The summed E-state index contributed by atoms with van der Waals surface area (Å²) in [5.41, 5.74) is 1.27. The van der Waals surface area contributed by atoms with E-state index in [2.05, 4.69) is 15.4 Å². The lowest BCUT2D eigenvalue weighted by molar-refractivity contribution is 0.102. The Morgan fingerprint density at radius 3 is 2.48 bits per heavy atom. The lowest BCUT2D eigenvalue weighted by atomic mass is 10.2. The number of amides is 1. The topological polar surface area (TPSA) is 59.8 Å². The summed E-state index contributed by atoms with van der Waals surface area (Å²) < 4.78 is 28.7. The maximum atomic E-state index is 14.0. The van der Waals surface area contributed by atoms with E-state index in [-0.39, 0.29) is 16.7 Å². The molecule has 0 radical (unpaired) electrons. The summed E-state index contributed by atoms with van der Waals surface area (Å²) in [6.45, 7) is 0.339. The summed E-state index contributed by atoms with van der Waals surface area (Å²) in [5, 5.41) is 7.49. The summed E-state index contributed by atoms with van der Waals surface area (Å²) in [5.74, 6) is -1.48. The number of carbonyl (C=O) groups is 1. The standard InChI is InChI=1S/C22H15ClF2N4OS/c23-21-27-22(29(28-21)13-14-9-11-15(24)12-10-14)31-19-8-4-3-7-18(19)26-20(30)16-5-1-2-6-17(16)25/h1-12H,13H2,(H,26,30). The minimum Gasteiger partial charge on any atom is -0.321 e. The van der Waals surface area contributed by atoms with E-state index in [1.807, 2.05) is 6.07 Å². The minimum absolute atomic E-state index is 0.0511. The molecule has 0 fully saturated rings. The van der Waals surface area contributed by atoms with Crippen LogP contribution in [0.15, 0.2) is 82.8 Å². The molecule has 3 aromatic carbocycles. The average molecular weight is 457 g/mol. The molecule has 0 saturated carbocycles. The molecule has 5 nitrogen and oxygen atoms in total. The van der Waals surface area contributed by atoms with Gasteiger partial charge in [0.1, 0.15) is 11.6 Å². The molecule has 0 unspecified atom stereocenters. The van der Waals surface area contributed by atoms with Gasteiger partial charge in [-0.2, -0.15) is 4.98 Å². The minimum atomic E-state index is -0.601. The first-order valence-corrected chi connectivity index (χ1v) is 10.4. The predicted molar refractivity (Wildman–Crippen MR) is 115 cm³/mol. The van der Waals surface area contributed by atoms with Crippen LogP contribution in [0, 0.1) is 11.6 Å². The van der Waals surface area contributed by atoms with Crippen molar-refractivity contribution in [1.82, 2.24) is 14.8 Å². The number of para-hydroxylation sites is 1. The van der Waals surface area contributed by atoms with Crippen molar-refractivity contribution in [3.05, 3.63) is 101 Å². The van der Waals surface area contributed by atoms with E-state index >= 15 is 0 Å². The molecular weight excluding hydrogens is 442 g/mol. The van der Waals surface area contributed by atoms with Gasteiger partial charge >= 0.3 is 0 Å². The first kappa shape index (κ1) is 21.0. The third-order valence-electron chi connectivity index (χ3n) is 4.31. The number of hydrogen-bond donors (Lipinski definition) is 1. The summed E-state index contributed by atoms with van der Waals surface area (Å²) >= 11 is 7.26. The third-order valence-corrected chi connectivity index (χ3v) is 5.53. The number of benzene rings is 3. The van der Waals surface area contributed by atoms with Gasteiger partial charge in [-0.25, -0.2) is 13.5 Å². The Hall–Kier alpha value is -3.23. The number of aromatic nitrogens is 3. The van der Waals surface area contributed by atoms with Crippen molar-refractivity contribution < 1.29 is 13.6 Å². The van der Waals surface area contributed by atoms with E-state index in [4.69, 9.17) is 11.6 Å². The van der Waals surface area contributed by atoms with Gasteiger partial charge in [0.25, 0.3) is 5.91 Å². The highest BCUT2D eigenvalue weighted by Gasteiger charge is 2.16. The van der Waals surface area contributed by atoms with Gasteiger partial charge in [-0.15, -0.1) is 5.10 Å². The molecule has 1 heterocycles. The first-order chi connectivity index (χ1) is 15.0. The molecule has 4 rings (SSSR count). The Labute approximate surface area is 186 Å². The first-order valence-electron chi connectivity index (χ1n) is 9.17. The van der Waals surface area contributed by atoms with E-state index in [0.29, 0.717) is 22.3 Å². The van der Waals surface area contributed by atoms with Gasteiger partial charge in [-0.05, 0) is 65.3 Å². The number of rotatable bonds is 6. The van der Waals surface area contributed by atoms with Gasteiger partial charge < -0.3 is 5.32 Å².